The van der Waals surface area contributed by atoms with Crippen LogP contribution in [0.3, 0.4) is 0 Å². The van der Waals surface area contributed by atoms with Crippen molar-refractivity contribution < 1.29 is 24.3 Å². The smallest absolute Gasteiger partial charge is 0.341 e. The summed E-state index contributed by atoms with van der Waals surface area (Å²) in [6.07, 6.45) is 1.11. The van der Waals surface area contributed by atoms with Gasteiger partial charge in [-0.2, -0.15) is 5.06 Å². The van der Waals surface area contributed by atoms with Crippen LogP contribution in [-0.4, -0.2) is 52.1 Å². The zero-order valence-corrected chi connectivity index (χ0v) is 11.0. The number of aliphatic hydroxyl groups excluding tert-OH is 2. The van der Waals surface area contributed by atoms with Crippen LogP contribution in [0.5, 0.6) is 0 Å². The van der Waals surface area contributed by atoms with Gasteiger partial charge in [-0.25, -0.2) is 4.62 Å². The van der Waals surface area contributed by atoms with E-state index in [9.17, 15) is 14.6 Å². The maximum absolute atomic E-state index is 11.2. The molecule has 0 aliphatic carbocycles. The van der Waals surface area contributed by atoms with Crippen LogP contribution in [0.2, 0.25) is 0 Å². The molecule has 0 heterocycles. The van der Waals surface area contributed by atoms with Crippen LogP contribution >= 0.6 is 7.60 Å². The number of hydroxylamine groups is 2. The summed E-state index contributed by atoms with van der Waals surface area (Å²) in [6.45, 7) is 4.46. The Balaban J connectivity index is 4.91. The summed E-state index contributed by atoms with van der Waals surface area (Å²) in [5.41, 5.74) is -0.725. The van der Waals surface area contributed by atoms with Gasteiger partial charge in [0.25, 0.3) is 0 Å². The second-order valence-electron chi connectivity index (χ2n) is 3.80. The fraction of sp³-hybridized carbons (Fsp3) is 1.00. The van der Waals surface area contributed by atoms with Crippen molar-refractivity contribution in [3.05, 3.63) is 0 Å². The van der Waals surface area contributed by atoms with Gasteiger partial charge in [-0.15, -0.1) is 0 Å². The lowest BCUT2D eigenvalue weighted by Crippen LogP contribution is -2.51. The molecule has 0 aliphatic rings. The van der Waals surface area contributed by atoms with Gasteiger partial charge < -0.3 is 15.1 Å². The highest BCUT2D eigenvalue weighted by molar-refractivity contribution is 7.51. The molecular formula is C9H22NO5P. The van der Waals surface area contributed by atoms with Crippen LogP contribution < -0.4 is 0 Å². The van der Waals surface area contributed by atoms with E-state index in [0.717, 1.165) is 6.66 Å². The highest BCUT2D eigenvalue weighted by atomic mass is 31.2. The average Bonchev–Trinajstić information content (AvgIpc) is 2.19. The van der Waals surface area contributed by atoms with Crippen molar-refractivity contribution in [1.29, 1.82) is 0 Å². The van der Waals surface area contributed by atoms with E-state index in [0.29, 0.717) is 12.8 Å². The van der Waals surface area contributed by atoms with Gasteiger partial charge in [0.2, 0.25) is 0 Å². The van der Waals surface area contributed by atoms with E-state index in [4.69, 9.17) is 9.73 Å². The molecule has 0 radical (unpaired) electrons. The van der Waals surface area contributed by atoms with Crippen LogP contribution in [0.25, 0.3) is 0 Å². The quantitative estimate of drug-likeness (QED) is 0.434. The summed E-state index contributed by atoms with van der Waals surface area (Å²) in [4.78, 5) is 9.19. The van der Waals surface area contributed by atoms with E-state index in [1.165, 1.54) is 5.06 Å². The lowest BCUT2D eigenvalue weighted by molar-refractivity contribution is -0.173. The Morgan fingerprint density at radius 1 is 1.31 bits per heavy atom. The monoisotopic (exact) mass is 255 g/mol. The van der Waals surface area contributed by atoms with Crippen molar-refractivity contribution in [1.82, 2.24) is 5.06 Å². The molecule has 3 N–H and O–H groups in total. The second-order valence-corrected chi connectivity index (χ2v) is 5.57. The molecule has 98 valence electrons. The van der Waals surface area contributed by atoms with Crippen molar-refractivity contribution in [2.75, 3.05) is 26.4 Å². The number of hydrogen-bond donors (Lipinski definition) is 3. The molecule has 0 saturated carbocycles. The zero-order chi connectivity index (χ0) is 12.8. The summed E-state index contributed by atoms with van der Waals surface area (Å²) in [6, 6.07) is 0. The molecule has 1 unspecified atom stereocenters. The summed E-state index contributed by atoms with van der Waals surface area (Å²) >= 11 is 0. The van der Waals surface area contributed by atoms with Crippen molar-refractivity contribution in [2.24, 2.45) is 0 Å². The molecule has 0 aromatic rings. The third-order valence-electron chi connectivity index (χ3n) is 2.69. The van der Waals surface area contributed by atoms with Crippen molar-refractivity contribution >= 4 is 7.60 Å². The third kappa shape index (κ3) is 4.49. The van der Waals surface area contributed by atoms with E-state index in [-0.39, 0.29) is 19.8 Å². The minimum atomic E-state index is -3.68. The lowest BCUT2D eigenvalue weighted by Gasteiger charge is -2.40. The van der Waals surface area contributed by atoms with Crippen molar-refractivity contribution in [3.63, 3.8) is 0 Å². The molecule has 1 atom stereocenters. The maximum Gasteiger partial charge on any atom is 0.341 e. The Hall–Kier alpha value is 0.0300. The standard InChI is InChI=1S/C9H22NO5P/c1-4-9(5-2,8-12)10(6-7-11)15-16(3,13)14/h11-12H,4-8H2,1-3H3,(H,13,14). The van der Waals surface area contributed by atoms with Gasteiger partial charge in [0.15, 0.2) is 0 Å². The highest BCUT2D eigenvalue weighted by Crippen LogP contribution is 2.41. The molecule has 7 heteroatoms. The van der Waals surface area contributed by atoms with Gasteiger partial charge in [0, 0.05) is 13.2 Å². The predicted molar refractivity (Wildman–Crippen MR) is 61.0 cm³/mol. The largest absolute Gasteiger partial charge is 0.395 e. The van der Waals surface area contributed by atoms with Gasteiger partial charge >= 0.3 is 7.60 Å². The molecule has 0 aromatic heterocycles. The summed E-state index contributed by atoms with van der Waals surface area (Å²) in [7, 11) is -3.68. The average molecular weight is 255 g/mol. The van der Waals surface area contributed by atoms with Gasteiger partial charge in [-0.3, -0.25) is 4.57 Å². The molecule has 0 saturated heterocycles. The molecule has 0 aromatic carbocycles. The Morgan fingerprint density at radius 3 is 2.06 bits per heavy atom. The second kappa shape index (κ2) is 6.69. The van der Waals surface area contributed by atoms with Gasteiger partial charge in [0.05, 0.1) is 18.8 Å². The highest BCUT2D eigenvalue weighted by Gasteiger charge is 2.36. The first-order valence-corrected chi connectivity index (χ1v) is 7.37. The number of rotatable bonds is 8. The van der Waals surface area contributed by atoms with Crippen LogP contribution in [-0.2, 0) is 9.19 Å². The van der Waals surface area contributed by atoms with Gasteiger partial charge in [-0.05, 0) is 12.8 Å². The fourth-order valence-electron chi connectivity index (χ4n) is 1.54. The molecule has 0 fully saturated rings. The van der Waals surface area contributed by atoms with Gasteiger partial charge in [0.1, 0.15) is 0 Å². The van der Waals surface area contributed by atoms with E-state index in [1.54, 1.807) is 0 Å². The third-order valence-corrected chi connectivity index (χ3v) is 3.19. The first kappa shape index (κ1) is 16.0. The van der Waals surface area contributed by atoms with Crippen LogP contribution in [0.1, 0.15) is 26.7 Å². The SMILES string of the molecule is CCC(CC)(CO)N(CCO)OP(C)(=O)O. The normalized spacial score (nSPS) is 16.4. The lowest BCUT2D eigenvalue weighted by atomic mass is 9.93. The molecule has 0 rings (SSSR count). The van der Waals surface area contributed by atoms with Crippen LogP contribution in [0.4, 0.5) is 0 Å². The van der Waals surface area contributed by atoms with E-state index in [2.05, 4.69) is 0 Å². The molecule has 16 heavy (non-hydrogen) atoms. The van der Waals surface area contributed by atoms with E-state index in [1.807, 2.05) is 13.8 Å². The molecule has 0 amide bonds. The number of hydrogen-bond acceptors (Lipinski definition) is 5. The molecule has 0 spiro atoms. The topological polar surface area (TPSA) is 90.2 Å². The van der Waals surface area contributed by atoms with Crippen LogP contribution in [0.15, 0.2) is 0 Å². The summed E-state index contributed by atoms with van der Waals surface area (Å²) in [5.74, 6) is 0. The molecule has 6 nitrogen and oxygen atoms in total. The van der Waals surface area contributed by atoms with Gasteiger partial charge in [-0.1, -0.05) is 13.8 Å². The Morgan fingerprint density at radius 2 is 1.81 bits per heavy atom. The number of nitrogens with zero attached hydrogens (tertiary/aromatic N) is 1. The van der Waals surface area contributed by atoms with E-state index >= 15 is 0 Å². The molecule has 0 aliphatic heterocycles. The van der Waals surface area contributed by atoms with Crippen molar-refractivity contribution in [2.45, 2.75) is 32.2 Å². The summed E-state index contributed by atoms with van der Waals surface area (Å²) in [5, 5.41) is 19.5. The minimum absolute atomic E-state index is 0.0840. The Labute approximate surface area is 96.3 Å². The zero-order valence-electron chi connectivity index (χ0n) is 10.1. The van der Waals surface area contributed by atoms with Crippen molar-refractivity contribution in [3.8, 4) is 0 Å². The fourth-order valence-corrected chi connectivity index (χ4v) is 2.16. The van der Waals surface area contributed by atoms with E-state index < -0.39 is 13.1 Å². The predicted octanol–water partition coefficient (Wildman–Crippen LogP) is 0.579. The number of β-amino-alcohol motifs (C(OH)–C–C–N with tert-alkyl or cyclic N) is 1. The first-order valence-electron chi connectivity index (χ1n) is 5.34. The Kier molecular flexibility index (Phi) is 6.70. The minimum Gasteiger partial charge on any atom is -0.395 e. The summed E-state index contributed by atoms with van der Waals surface area (Å²) < 4.78 is 16.2. The Bertz CT molecular complexity index is 230. The molecule has 0 bridgehead atoms. The maximum atomic E-state index is 11.2. The van der Waals surface area contributed by atoms with Crippen LogP contribution in [0, 0.1) is 0 Å². The number of aliphatic hydroxyl groups is 2. The molecular weight excluding hydrogens is 233 g/mol. The first-order chi connectivity index (χ1) is 7.35.